The van der Waals surface area contributed by atoms with Gasteiger partial charge in [-0.2, -0.15) is 13.2 Å². The Bertz CT molecular complexity index is 482. The summed E-state index contributed by atoms with van der Waals surface area (Å²) in [6.45, 7) is 1.63. The first-order valence-corrected chi connectivity index (χ1v) is 6.78. The topological polar surface area (TPSA) is 26.7 Å². The largest absolute Gasteiger partial charge is 0.401 e. The van der Waals surface area contributed by atoms with E-state index >= 15 is 0 Å². The van der Waals surface area contributed by atoms with Crippen LogP contribution in [0, 0.1) is 5.82 Å². The molecule has 1 unspecified atom stereocenters. The molecule has 0 aromatic heterocycles. The fourth-order valence-electron chi connectivity index (χ4n) is 2.59. The van der Waals surface area contributed by atoms with Gasteiger partial charge in [-0.3, -0.25) is 4.90 Å². The van der Waals surface area contributed by atoms with Crippen LogP contribution in [0.5, 0.6) is 0 Å². The van der Waals surface area contributed by atoms with Crippen molar-refractivity contribution in [2.75, 3.05) is 37.6 Å². The van der Waals surface area contributed by atoms with Crippen molar-refractivity contribution in [3.63, 3.8) is 0 Å². The van der Waals surface area contributed by atoms with Gasteiger partial charge in [0.2, 0.25) is 0 Å². The second-order valence-corrected chi connectivity index (χ2v) is 5.23. The lowest BCUT2D eigenvalue weighted by molar-refractivity contribution is -0.146. The van der Waals surface area contributed by atoms with Gasteiger partial charge in [-0.25, -0.2) is 4.39 Å². The highest BCUT2D eigenvalue weighted by atomic mass is 19.4. The van der Waals surface area contributed by atoms with Gasteiger partial charge < -0.3 is 10.0 Å². The molecule has 21 heavy (non-hydrogen) atoms. The second kappa shape index (κ2) is 6.19. The van der Waals surface area contributed by atoms with E-state index in [2.05, 4.69) is 0 Å². The van der Waals surface area contributed by atoms with Crippen LogP contribution >= 0.6 is 0 Å². The van der Waals surface area contributed by atoms with Crippen molar-refractivity contribution in [1.82, 2.24) is 4.90 Å². The molecule has 0 saturated carbocycles. The quantitative estimate of drug-likeness (QED) is 0.870. The number of para-hydroxylation sites is 1. The zero-order chi connectivity index (χ0) is 15.6. The van der Waals surface area contributed by atoms with E-state index < -0.39 is 24.6 Å². The van der Waals surface area contributed by atoms with Crippen molar-refractivity contribution in [3.8, 4) is 0 Å². The van der Waals surface area contributed by atoms with Crippen molar-refractivity contribution in [2.45, 2.75) is 19.2 Å². The summed E-state index contributed by atoms with van der Waals surface area (Å²) in [6.07, 6.45) is -5.05. The van der Waals surface area contributed by atoms with Gasteiger partial charge in [0.15, 0.2) is 0 Å². The minimum Gasteiger partial charge on any atom is -0.389 e. The van der Waals surface area contributed by atoms with Gasteiger partial charge in [0.05, 0.1) is 18.3 Å². The Labute approximate surface area is 120 Å². The standard InChI is InChI=1S/C14H18F4N2O/c1-10(21)11-3-2-4-12(15)13(11)20-7-5-19(6-8-20)9-14(16,17)18/h2-4,10,21H,5-9H2,1H3. The second-order valence-electron chi connectivity index (χ2n) is 5.23. The summed E-state index contributed by atoms with van der Waals surface area (Å²) in [5, 5.41) is 9.71. The Morgan fingerprint density at radius 3 is 2.33 bits per heavy atom. The molecule has 7 heteroatoms. The number of piperazine rings is 1. The molecule has 0 spiro atoms. The van der Waals surface area contributed by atoms with Crippen molar-refractivity contribution < 1.29 is 22.7 Å². The van der Waals surface area contributed by atoms with E-state index in [1.165, 1.54) is 24.0 Å². The predicted molar refractivity (Wildman–Crippen MR) is 71.7 cm³/mol. The van der Waals surface area contributed by atoms with E-state index in [4.69, 9.17) is 0 Å². The maximum Gasteiger partial charge on any atom is 0.401 e. The van der Waals surface area contributed by atoms with Crippen LogP contribution in [-0.4, -0.2) is 48.9 Å². The number of aliphatic hydroxyl groups excluding tert-OH is 1. The number of nitrogens with zero attached hydrogens (tertiary/aromatic N) is 2. The van der Waals surface area contributed by atoms with E-state index in [9.17, 15) is 22.7 Å². The van der Waals surface area contributed by atoms with Crippen LogP contribution in [0.1, 0.15) is 18.6 Å². The van der Waals surface area contributed by atoms with E-state index in [0.717, 1.165) is 0 Å². The van der Waals surface area contributed by atoms with Gasteiger partial charge in [0.25, 0.3) is 0 Å². The summed E-state index contributed by atoms with van der Waals surface area (Å²) in [5.74, 6) is -0.460. The number of alkyl halides is 3. The fraction of sp³-hybridized carbons (Fsp3) is 0.571. The monoisotopic (exact) mass is 306 g/mol. The molecule has 0 radical (unpaired) electrons. The molecule has 1 aliphatic rings. The molecule has 3 nitrogen and oxygen atoms in total. The van der Waals surface area contributed by atoms with Crippen LogP contribution in [0.25, 0.3) is 0 Å². The Morgan fingerprint density at radius 1 is 1.19 bits per heavy atom. The minimum absolute atomic E-state index is 0.215. The van der Waals surface area contributed by atoms with E-state index in [0.29, 0.717) is 24.3 Å². The number of rotatable bonds is 3. The maximum absolute atomic E-state index is 14.0. The first kappa shape index (κ1) is 16.0. The lowest BCUT2D eigenvalue weighted by atomic mass is 10.1. The third kappa shape index (κ3) is 4.07. The first-order valence-electron chi connectivity index (χ1n) is 6.78. The highest BCUT2D eigenvalue weighted by molar-refractivity contribution is 5.56. The van der Waals surface area contributed by atoms with Crippen LogP contribution in [-0.2, 0) is 0 Å². The molecule has 1 N–H and O–H groups in total. The zero-order valence-electron chi connectivity index (χ0n) is 11.7. The van der Waals surface area contributed by atoms with Gasteiger partial charge in [-0.15, -0.1) is 0 Å². The normalized spacial score (nSPS) is 18.9. The maximum atomic E-state index is 14.0. The minimum atomic E-state index is -4.22. The number of hydrogen-bond donors (Lipinski definition) is 1. The average Bonchev–Trinajstić information content (AvgIpc) is 2.37. The smallest absolute Gasteiger partial charge is 0.389 e. The lowest BCUT2D eigenvalue weighted by Gasteiger charge is -2.37. The molecule has 0 aliphatic carbocycles. The summed E-state index contributed by atoms with van der Waals surface area (Å²) >= 11 is 0. The SMILES string of the molecule is CC(O)c1cccc(F)c1N1CCN(CC(F)(F)F)CC1. The molecule has 1 aliphatic heterocycles. The van der Waals surface area contributed by atoms with E-state index in [1.807, 2.05) is 0 Å². The summed E-state index contributed by atoms with van der Waals surface area (Å²) in [6, 6.07) is 4.44. The number of hydrogen-bond acceptors (Lipinski definition) is 3. The Kier molecular flexibility index (Phi) is 4.73. The molecule has 1 aromatic carbocycles. The number of aliphatic hydroxyl groups is 1. The van der Waals surface area contributed by atoms with Gasteiger partial charge in [0, 0.05) is 31.7 Å². The van der Waals surface area contributed by atoms with Gasteiger partial charge in [0.1, 0.15) is 5.82 Å². The Morgan fingerprint density at radius 2 is 1.81 bits per heavy atom. The Hall–Kier alpha value is -1.34. The molecular weight excluding hydrogens is 288 g/mol. The molecule has 1 atom stereocenters. The zero-order valence-corrected chi connectivity index (χ0v) is 11.7. The van der Waals surface area contributed by atoms with Crippen molar-refractivity contribution in [1.29, 1.82) is 0 Å². The third-order valence-corrected chi connectivity index (χ3v) is 3.56. The highest BCUT2D eigenvalue weighted by Gasteiger charge is 2.32. The van der Waals surface area contributed by atoms with Crippen LogP contribution < -0.4 is 4.90 Å². The highest BCUT2D eigenvalue weighted by Crippen LogP contribution is 2.30. The number of halogens is 4. The van der Waals surface area contributed by atoms with E-state index in [1.54, 1.807) is 11.0 Å². The molecule has 0 bridgehead atoms. The summed E-state index contributed by atoms with van der Waals surface area (Å²) in [7, 11) is 0. The molecule has 1 aromatic rings. The van der Waals surface area contributed by atoms with Gasteiger partial charge in [-0.05, 0) is 13.0 Å². The summed E-state index contributed by atoms with van der Waals surface area (Å²) in [4.78, 5) is 3.00. The summed E-state index contributed by atoms with van der Waals surface area (Å²) in [5.41, 5.74) is 0.749. The van der Waals surface area contributed by atoms with Crippen LogP contribution in [0.4, 0.5) is 23.2 Å². The molecule has 2 rings (SSSR count). The molecule has 1 saturated heterocycles. The lowest BCUT2D eigenvalue weighted by Crippen LogP contribution is -2.49. The van der Waals surface area contributed by atoms with E-state index in [-0.39, 0.29) is 13.1 Å². The molecule has 1 heterocycles. The number of benzene rings is 1. The van der Waals surface area contributed by atoms with Gasteiger partial charge >= 0.3 is 6.18 Å². The van der Waals surface area contributed by atoms with Crippen molar-refractivity contribution in [2.24, 2.45) is 0 Å². The van der Waals surface area contributed by atoms with Crippen LogP contribution in [0.2, 0.25) is 0 Å². The number of anilines is 1. The van der Waals surface area contributed by atoms with Crippen molar-refractivity contribution >= 4 is 5.69 Å². The van der Waals surface area contributed by atoms with Crippen LogP contribution in [0.15, 0.2) is 18.2 Å². The van der Waals surface area contributed by atoms with Crippen molar-refractivity contribution in [3.05, 3.63) is 29.6 Å². The predicted octanol–water partition coefficient (Wildman–Crippen LogP) is 2.56. The first-order chi connectivity index (χ1) is 9.78. The van der Waals surface area contributed by atoms with Crippen LogP contribution in [0.3, 0.4) is 0 Å². The fourth-order valence-corrected chi connectivity index (χ4v) is 2.59. The summed E-state index contributed by atoms with van der Waals surface area (Å²) < 4.78 is 51.1. The van der Waals surface area contributed by atoms with Gasteiger partial charge in [-0.1, -0.05) is 12.1 Å². The molecule has 0 amide bonds. The molecule has 118 valence electrons. The average molecular weight is 306 g/mol. The third-order valence-electron chi connectivity index (χ3n) is 3.56. The Balaban J connectivity index is 2.09. The molecular formula is C14H18F4N2O. The molecule has 1 fully saturated rings.